The van der Waals surface area contributed by atoms with E-state index < -0.39 is 0 Å². The fourth-order valence-corrected chi connectivity index (χ4v) is 2.43. The van der Waals surface area contributed by atoms with Gasteiger partial charge in [-0.1, -0.05) is 22.9 Å². The summed E-state index contributed by atoms with van der Waals surface area (Å²) in [4.78, 5) is 3.39. The fourth-order valence-electron chi connectivity index (χ4n) is 2.07. The average Bonchev–Trinajstić information content (AvgIpc) is 2.52. The van der Waals surface area contributed by atoms with Crippen LogP contribution in [0, 0.1) is 6.92 Å². The number of aromatic amines is 1. The predicted molar refractivity (Wildman–Crippen MR) is 68.2 cm³/mol. The molecule has 1 aromatic heterocycles. The van der Waals surface area contributed by atoms with Gasteiger partial charge >= 0.3 is 0 Å². The highest BCUT2D eigenvalue weighted by molar-refractivity contribution is 9.10. The molecule has 0 saturated carbocycles. The first-order chi connectivity index (χ1) is 7.13. The number of fused-ring (bicyclic) bond motifs is 1. The second-order valence-electron chi connectivity index (χ2n) is 3.99. The maximum absolute atomic E-state index is 5.74. The number of hydrogen-bond acceptors (Lipinski definition) is 1. The summed E-state index contributed by atoms with van der Waals surface area (Å²) in [6.45, 7) is 4.95. The van der Waals surface area contributed by atoms with Crippen molar-refractivity contribution in [2.24, 2.45) is 5.73 Å². The second kappa shape index (κ2) is 3.99. The zero-order chi connectivity index (χ0) is 11.0. The summed E-state index contributed by atoms with van der Waals surface area (Å²) >= 11 is 3.50. The molecule has 3 heteroatoms. The molecular formula is C12H15BrN2. The van der Waals surface area contributed by atoms with Gasteiger partial charge in [-0.3, -0.25) is 0 Å². The van der Waals surface area contributed by atoms with Crippen molar-refractivity contribution in [3.63, 3.8) is 0 Å². The van der Waals surface area contributed by atoms with Gasteiger partial charge in [0, 0.05) is 21.1 Å². The SMILES string of the molecule is Cc1[nH]c2ccc(Br)cc2c1C(C)CN. The van der Waals surface area contributed by atoms with Crippen LogP contribution in [0.5, 0.6) is 0 Å². The topological polar surface area (TPSA) is 41.8 Å². The molecule has 0 saturated heterocycles. The van der Waals surface area contributed by atoms with Crippen molar-refractivity contribution in [3.8, 4) is 0 Å². The first kappa shape index (κ1) is 10.7. The van der Waals surface area contributed by atoms with E-state index in [4.69, 9.17) is 5.73 Å². The monoisotopic (exact) mass is 266 g/mol. The smallest absolute Gasteiger partial charge is 0.0459 e. The van der Waals surface area contributed by atoms with Gasteiger partial charge in [-0.2, -0.15) is 0 Å². The van der Waals surface area contributed by atoms with Crippen LogP contribution in [-0.2, 0) is 0 Å². The molecule has 2 aromatic rings. The van der Waals surface area contributed by atoms with E-state index in [9.17, 15) is 0 Å². The lowest BCUT2D eigenvalue weighted by Gasteiger charge is -2.08. The Bertz CT molecular complexity index is 488. The highest BCUT2D eigenvalue weighted by Crippen LogP contribution is 2.30. The van der Waals surface area contributed by atoms with Crippen LogP contribution in [0.25, 0.3) is 10.9 Å². The van der Waals surface area contributed by atoms with E-state index in [1.807, 2.05) is 0 Å². The average molecular weight is 267 g/mol. The molecule has 0 aliphatic heterocycles. The molecule has 1 atom stereocenters. The van der Waals surface area contributed by atoms with Crippen LogP contribution in [0.3, 0.4) is 0 Å². The van der Waals surface area contributed by atoms with Crippen molar-refractivity contribution in [1.29, 1.82) is 0 Å². The molecule has 2 rings (SSSR count). The second-order valence-corrected chi connectivity index (χ2v) is 4.91. The van der Waals surface area contributed by atoms with Gasteiger partial charge in [0.2, 0.25) is 0 Å². The van der Waals surface area contributed by atoms with Gasteiger partial charge < -0.3 is 10.7 Å². The van der Waals surface area contributed by atoms with E-state index in [-0.39, 0.29) is 0 Å². The summed E-state index contributed by atoms with van der Waals surface area (Å²) in [7, 11) is 0. The normalized spacial score (nSPS) is 13.3. The molecule has 0 aliphatic rings. The molecule has 0 fully saturated rings. The number of hydrogen-bond donors (Lipinski definition) is 2. The van der Waals surface area contributed by atoms with Crippen molar-refractivity contribution < 1.29 is 0 Å². The minimum absolute atomic E-state index is 0.396. The Morgan fingerprint density at radius 2 is 2.20 bits per heavy atom. The maximum Gasteiger partial charge on any atom is 0.0459 e. The van der Waals surface area contributed by atoms with Gasteiger partial charge in [-0.05, 0) is 43.1 Å². The van der Waals surface area contributed by atoms with Gasteiger partial charge in [-0.25, -0.2) is 0 Å². The van der Waals surface area contributed by atoms with E-state index in [1.165, 1.54) is 22.2 Å². The molecule has 0 aliphatic carbocycles. The highest BCUT2D eigenvalue weighted by Gasteiger charge is 2.13. The van der Waals surface area contributed by atoms with Gasteiger partial charge in [0.1, 0.15) is 0 Å². The van der Waals surface area contributed by atoms with Crippen LogP contribution >= 0.6 is 15.9 Å². The first-order valence-electron chi connectivity index (χ1n) is 5.11. The summed E-state index contributed by atoms with van der Waals surface area (Å²) in [5, 5.41) is 1.28. The summed E-state index contributed by atoms with van der Waals surface area (Å²) < 4.78 is 1.11. The number of nitrogens with one attached hydrogen (secondary N) is 1. The first-order valence-corrected chi connectivity index (χ1v) is 5.90. The van der Waals surface area contributed by atoms with E-state index >= 15 is 0 Å². The lowest BCUT2D eigenvalue weighted by Crippen LogP contribution is -2.09. The molecule has 80 valence electrons. The molecule has 0 spiro atoms. The van der Waals surface area contributed by atoms with Gasteiger partial charge in [0.05, 0.1) is 0 Å². The van der Waals surface area contributed by atoms with E-state index in [2.05, 4.69) is 53.0 Å². The number of aryl methyl sites for hydroxylation is 1. The van der Waals surface area contributed by atoms with Crippen LogP contribution < -0.4 is 5.73 Å². The van der Waals surface area contributed by atoms with Crippen LogP contribution in [0.15, 0.2) is 22.7 Å². The number of rotatable bonds is 2. The lowest BCUT2D eigenvalue weighted by atomic mass is 9.98. The Balaban J connectivity index is 2.70. The van der Waals surface area contributed by atoms with Crippen molar-refractivity contribution in [2.75, 3.05) is 6.54 Å². The maximum atomic E-state index is 5.74. The van der Waals surface area contributed by atoms with Crippen molar-refractivity contribution in [2.45, 2.75) is 19.8 Å². The molecule has 1 aromatic carbocycles. The van der Waals surface area contributed by atoms with Gasteiger partial charge in [0.15, 0.2) is 0 Å². The molecule has 0 amide bonds. The number of halogens is 1. The molecule has 1 heterocycles. The molecule has 2 nitrogen and oxygen atoms in total. The Hall–Kier alpha value is -0.800. The number of benzene rings is 1. The Morgan fingerprint density at radius 1 is 1.47 bits per heavy atom. The molecule has 15 heavy (non-hydrogen) atoms. The minimum Gasteiger partial charge on any atom is -0.358 e. The summed E-state index contributed by atoms with van der Waals surface area (Å²) in [5.74, 6) is 0.396. The Labute approximate surface area is 98.0 Å². The van der Waals surface area contributed by atoms with E-state index in [0.717, 1.165) is 4.47 Å². The standard InChI is InChI=1S/C12H15BrN2/c1-7(6-14)12-8(2)15-11-4-3-9(13)5-10(11)12/h3-5,7,15H,6,14H2,1-2H3. The number of H-pyrrole nitrogens is 1. The van der Waals surface area contributed by atoms with Gasteiger partial charge in [-0.15, -0.1) is 0 Å². The predicted octanol–water partition coefficient (Wildman–Crippen LogP) is 3.30. The molecule has 0 radical (unpaired) electrons. The zero-order valence-electron chi connectivity index (χ0n) is 8.97. The lowest BCUT2D eigenvalue weighted by molar-refractivity contribution is 0.773. The van der Waals surface area contributed by atoms with Crippen LogP contribution in [-0.4, -0.2) is 11.5 Å². The van der Waals surface area contributed by atoms with Crippen molar-refractivity contribution >= 4 is 26.8 Å². The largest absolute Gasteiger partial charge is 0.358 e. The fraction of sp³-hybridized carbons (Fsp3) is 0.333. The van der Waals surface area contributed by atoms with E-state index in [0.29, 0.717) is 12.5 Å². The summed E-state index contributed by atoms with van der Waals surface area (Å²) in [6, 6.07) is 6.30. The Morgan fingerprint density at radius 3 is 2.87 bits per heavy atom. The minimum atomic E-state index is 0.396. The summed E-state index contributed by atoms with van der Waals surface area (Å²) in [5.41, 5.74) is 9.49. The third-order valence-electron chi connectivity index (χ3n) is 2.84. The molecular weight excluding hydrogens is 252 g/mol. The molecule has 1 unspecified atom stereocenters. The number of nitrogens with two attached hydrogens (primary N) is 1. The van der Waals surface area contributed by atoms with E-state index in [1.54, 1.807) is 0 Å². The zero-order valence-corrected chi connectivity index (χ0v) is 10.6. The van der Waals surface area contributed by atoms with Crippen LogP contribution in [0.4, 0.5) is 0 Å². The number of aromatic nitrogens is 1. The highest BCUT2D eigenvalue weighted by atomic mass is 79.9. The third-order valence-corrected chi connectivity index (χ3v) is 3.34. The summed E-state index contributed by atoms with van der Waals surface area (Å²) in [6.07, 6.45) is 0. The van der Waals surface area contributed by atoms with Crippen LogP contribution in [0.2, 0.25) is 0 Å². The third kappa shape index (κ3) is 1.82. The quantitative estimate of drug-likeness (QED) is 0.861. The van der Waals surface area contributed by atoms with Gasteiger partial charge in [0.25, 0.3) is 0 Å². The Kier molecular flexibility index (Phi) is 2.85. The van der Waals surface area contributed by atoms with Crippen molar-refractivity contribution in [3.05, 3.63) is 33.9 Å². The molecule has 0 bridgehead atoms. The van der Waals surface area contributed by atoms with Crippen LogP contribution in [0.1, 0.15) is 24.1 Å². The molecule has 3 N–H and O–H groups in total. The van der Waals surface area contributed by atoms with Crippen molar-refractivity contribution in [1.82, 2.24) is 4.98 Å².